The molecule has 1 aromatic heterocycles. The molecular weight excluding hydrogens is 242 g/mol. The molecule has 2 N–H and O–H groups in total. The van der Waals surface area contributed by atoms with Crippen molar-refractivity contribution in [3.8, 4) is 0 Å². The first-order valence-electron chi connectivity index (χ1n) is 4.96. The SMILES string of the molecule is O=C(O)c1cncc(Nc2cc(F)ccc2F)c1. The van der Waals surface area contributed by atoms with Gasteiger partial charge in [-0.05, 0) is 18.2 Å². The number of benzene rings is 1. The zero-order valence-electron chi connectivity index (χ0n) is 9.02. The molecule has 2 aromatic rings. The van der Waals surface area contributed by atoms with Gasteiger partial charge < -0.3 is 10.4 Å². The molecule has 0 bridgehead atoms. The highest BCUT2D eigenvalue weighted by molar-refractivity contribution is 5.88. The van der Waals surface area contributed by atoms with Gasteiger partial charge in [-0.3, -0.25) is 4.98 Å². The molecule has 4 nitrogen and oxygen atoms in total. The second-order valence-electron chi connectivity index (χ2n) is 3.52. The predicted molar refractivity (Wildman–Crippen MR) is 60.8 cm³/mol. The molecule has 6 heteroatoms. The highest BCUT2D eigenvalue weighted by atomic mass is 19.1. The minimum atomic E-state index is -1.15. The van der Waals surface area contributed by atoms with Gasteiger partial charge in [-0.25, -0.2) is 13.6 Å². The van der Waals surface area contributed by atoms with Crippen molar-refractivity contribution >= 4 is 17.3 Å². The molecule has 0 saturated carbocycles. The van der Waals surface area contributed by atoms with E-state index in [9.17, 15) is 13.6 Å². The summed E-state index contributed by atoms with van der Waals surface area (Å²) in [6, 6.07) is 4.22. The normalized spacial score (nSPS) is 10.1. The van der Waals surface area contributed by atoms with Gasteiger partial charge in [0.25, 0.3) is 0 Å². The number of rotatable bonds is 3. The highest BCUT2D eigenvalue weighted by Crippen LogP contribution is 2.20. The highest BCUT2D eigenvalue weighted by Gasteiger charge is 2.07. The van der Waals surface area contributed by atoms with Crippen molar-refractivity contribution in [1.82, 2.24) is 4.98 Å². The van der Waals surface area contributed by atoms with Crippen molar-refractivity contribution in [2.45, 2.75) is 0 Å². The first kappa shape index (κ1) is 12.0. The van der Waals surface area contributed by atoms with Crippen LogP contribution < -0.4 is 5.32 Å². The Labute approximate surface area is 101 Å². The molecule has 0 fully saturated rings. The van der Waals surface area contributed by atoms with E-state index in [4.69, 9.17) is 5.11 Å². The van der Waals surface area contributed by atoms with E-state index in [0.717, 1.165) is 24.4 Å². The largest absolute Gasteiger partial charge is 0.478 e. The number of pyridine rings is 1. The van der Waals surface area contributed by atoms with E-state index >= 15 is 0 Å². The lowest BCUT2D eigenvalue weighted by Gasteiger charge is -2.07. The van der Waals surface area contributed by atoms with Gasteiger partial charge in [-0.15, -0.1) is 0 Å². The molecule has 0 aliphatic rings. The minimum absolute atomic E-state index is 0.0446. The number of hydrogen-bond acceptors (Lipinski definition) is 3. The van der Waals surface area contributed by atoms with Crippen LogP contribution in [0.2, 0.25) is 0 Å². The van der Waals surface area contributed by atoms with E-state index in [0.29, 0.717) is 0 Å². The summed E-state index contributed by atoms with van der Waals surface area (Å²) >= 11 is 0. The second-order valence-corrected chi connectivity index (χ2v) is 3.52. The fraction of sp³-hybridized carbons (Fsp3) is 0. The standard InChI is InChI=1S/C12H8F2N2O2/c13-8-1-2-10(14)11(4-8)16-9-3-7(12(17)18)5-15-6-9/h1-6,16H,(H,17,18). The van der Waals surface area contributed by atoms with Crippen LogP contribution >= 0.6 is 0 Å². The zero-order valence-corrected chi connectivity index (χ0v) is 9.02. The molecule has 92 valence electrons. The lowest BCUT2D eigenvalue weighted by molar-refractivity contribution is 0.0696. The number of hydrogen-bond donors (Lipinski definition) is 2. The number of halogens is 2. The summed E-state index contributed by atoms with van der Waals surface area (Å²) in [7, 11) is 0. The Morgan fingerprint density at radius 2 is 2.00 bits per heavy atom. The molecule has 0 unspecified atom stereocenters. The van der Waals surface area contributed by atoms with Crippen molar-refractivity contribution in [3.05, 3.63) is 53.9 Å². The number of aromatic carboxylic acids is 1. The minimum Gasteiger partial charge on any atom is -0.478 e. The summed E-state index contributed by atoms with van der Waals surface area (Å²) in [5.41, 5.74) is 0.135. The lowest BCUT2D eigenvalue weighted by Crippen LogP contribution is -2.00. The summed E-state index contributed by atoms with van der Waals surface area (Å²) in [6.45, 7) is 0. The Hall–Kier alpha value is -2.50. The maximum absolute atomic E-state index is 13.3. The fourth-order valence-electron chi connectivity index (χ4n) is 1.37. The second kappa shape index (κ2) is 4.79. The summed E-state index contributed by atoms with van der Waals surface area (Å²) < 4.78 is 26.3. The van der Waals surface area contributed by atoms with E-state index in [-0.39, 0.29) is 16.9 Å². The molecule has 0 amide bonds. The van der Waals surface area contributed by atoms with Crippen molar-refractivity contribution in [3.63, 3.8) is 0 Å². The molecule has 18 heavy (non-hydrogen) atoms. The molecule has 2 rings (SSSR count). The summed E-state index contributed by atoms with van der Waals surface area (Å²) in [6.07, 6.45) is 2.48. The van der Waals surface area contributed by atoms with Crippen molar-refractivity contribution in [2.24, 2.45) is 0 Å². The number of anilines is 2. The van der Waals surface area contributed by atoms with E-state index in [1.54, 1.807) is 0 Å². The zero-order chi connectivity index (χ0) is 13.1. The predicted octanol–water partition coefficient (Wildman–Crippen LogP) is 2.80. The van der Waals surface area contributed by atoms with Crippen LogP contribution in [0.1, 0.15) is 10.4 Å². The van der Waals surface area contributed by atoms with E-state index in [1.807, 2.05) is 0 Å². The Balaban J connectivity index is 2.31. The van der Waals surface area contributed by atoms with Crippen molar-refractivity contribution in [2.75, 3.05) is 5.32 Å². The van der Waals surface area contributed by atoms with Crippen LogP contribution in [0.5, 0.6) is 0 Å². The maximum Gasteiger partial charge on any atom is 0.337 e. The van der Waals surface area contributed by atoms with Crippen LogP contribution in [0.15, 0.2) is 36.7 Å². The van der Waals surface area contributed by atoms with Crippen LogP contribution in [-0.4, -0.2) is 16.1 Å². The van der Waals surface area contributed by atoms with Gasteiger partial charge in [0.05, 0.1) is 23.1 Å². The maximum atomic E-state index is 13.3. The Bertz CT molecular complexity index is 602. The van der Waals surface area contributed by atoms with E-state index in [2.05, 4.69) is 10.3 Å². The summed E-state index contributed by atoms with van der Waals surface area (Å²) in [5, 5.41) is 11.3. The molecule has 1 aromatic carbocycles. The van der Waals surface area contributed by atoms with E-state index in [1.165, 1.54) is 12.3 Å². The van der Waals surface area contributed by atoms with Gasteiger partial charge in [0.2, 0.25) is 0 Å². The third kappa shape index (κ3) is 2.60. The number of nitrogens with one attached hydrogen (secondary N) is 1. The number of aromatic nitrogens is 1. The molecule has 1 heterocycles. The average molecular weight is 250 g/mol. The van der Waals surface area contributed by atoms with Crippen LogP contribution in [-0.2, 0) is 0 Å². The topological polar surface area (TPSA) is 62.2 Å². The molecule has 0 radical (unpaired) electrons. The molecule has 0 aliphatic carbocycles. The Kier molecular flexibility index (Phi) is 3.18. The molecule has 0 saturated heterocycles. The van der Waals surface area contributed by atoms with Gasteiger partial charge in [-0.1, -0.05) is 0 Å². The molecule has 0 aliphatic heterocycles. The lowest BCUT2D eigenvalue weighted by atomic mass is 10.2. The van der Waals surface area contributed by atoms with Crippen LogP contribution in [0, 0.1) is 11.6 Å². The van der Waals surface area contributed by atoms with Gasteiger partial charge in [0, 0.05) is 12.3 Å². The fourth-order valence-corrected chi connectivity index (χ4v) is 1.37. The van der Waals surface area contributed by atoms with Crippen LogP contribution in [0.4, 0.5) is 20.2 Å². The first-order chi connectivity index (χ1) is 8.56. The van der Waals surface area contributed by atoms with Gasteiger partial charge in [-0.2, -0.15) is 0 Å². The monoisotopic (exact) mass is 250 g/mol. The first-order valence-corrected chi connectivity index (χ1v) is 4.96. The summed E-state index contributed by atoms with van der Waals surface area (Å²) in [4.78, 5) is 14.4. The Morgan fingerprint density at radius 3 is 2.72 bits per heavy atom. The van der Waals surface area contributed by atoms with Crippen molar-refractivity contribution < 1.29 is 18.7 Å². The number of nitrogens with zero attached hydrogens (tertiary/aromatic N) is 1. The summed E-state index contributed by atoms with van der Waals surface area (Å²) in [5.74, 6) is -2.38. The number of carbonyl (C=O) groups is 1. The van der Waals surface area contributed by atoms with E-state index < -0.39 is 17.6 Å². The average Bonchev–Trinajstić information content (AvgIpc) is 2.34. The van der Waals surface area contributed by atoms with Crippen molar-refractivity contribution in [1.29, 1.82) is 0 Å². The number of carboxylic acid groups (broad SMARTS) is 1. The van der Waals surface area contributed by atoms with Crippen LogP contribution in [0.3, 0.4) is 0 Å². The molecule has 0 spiro atoms. The Morgan fingerprint density at radius 1 is 1.22 bits per heavy atom. The van der Waals surface area contributed by atoms with Gasteiger partial charge >= 0.3 is 5.97 Å². The number of carboxylic acids is 1. The van der Waals surface area contributed by atoms with Crippen LogP contribution in [0.25, 0.3) is 0 Å². The van der Waals surface area contributed by atoms with Gasteiger partial charge in [0.1, 0.15) is 11.6 Å². The molecular formula is C12H8F2N2O2. The smallest absolute Gasteiger partial charge is 0.337 e. The van der Waals surface area contributed by atoms with Gasteiger partial charge in [0.15, 0.2) is 0 Å². The third-order valence-corrected chi connectivity index (χ3v) is 2.19. The molecule has 0 atom stereocenters. The quantitative estimate of drug-likeness (QED) is 0.879. The third-order valence-electron chi connectivity index (χ3n) is 2.19.